The van der Waals surface area contributed by atoms with Crippen molar-refractivity contribution in [1.29, 1.82) is 0 Å². The third kappa shape index (κ3) is 4.16. The fraction of sp³-hybridized carbons (Fsp3) is 0.105. The maximum absolute atomic E-state index is 12.5. The van der Waals surface area contributed by atoms with Crippen LogP contribution in [0.5, 0.6) is 5.75 Å². The van der Waals surface area contributed by atoms with Crippen molar-refractivity contribution in [2.45, 2.75) is 6.18 Å². The molecule has 0 spiro atoms. The normalized spacial score (nSPS) is 11.4. The highest BCUT2D eigenvalue weighted by Crippen LogP contribution is 2.33. The summed E-state index contributed by atoms with van der Waals surface area (Å²) >= 11 is 3.46. The van der Waals surface area contributed by atoms with Crippen LogP contribution in [-0.2, 0) is 11.0 Å². The van der Waals surface area contributed by atoms with Gasteiger partial charge in [-0.2, -0.15) is 13.2 Å². The van der Waals surface area contributed by atoms with Gasteiger partial charge in [0.1, 0.15) is 5.75 Å². The highest BCUT2D eigenvalue weighted by molar-refractivity contribution is 9.10. The Balaban J connectivity index is 1.63. The number of fused-ring (bicyclic) bond motifs is 1. The van der Waals surface area contributed by atoms with Crippen LogP contribution >= 0.6 is 15.9 Å². The van der Waals surface area contributed by atoms with Gasteiger partial charge >= 0.3 is 6.18 Å². The van der Waals surface area contributed by atoms with Crippen molar-refractivity contribution >= 4 is 38.3 Å². The topological polar surface area (TPSA) is 38.3 Å². The van der Waals surface area contributed by atoms with Crippen molar-refractivity contribution < 1.29 is 22.7 Å². The number of carbonyl (C=O) groups excluding carboxylic acids is 1. The van der Waals surface area contributed by atoms with E-state index in [4.69, 9.17) is 4.74 Å². The van der Waals surface area contributed by atoms with Crippen LogP contribution in [0, 0.1) is 0 Å². The summed E-state index contributed by atoms with van der Waals surface area (Å²) in [6, 6.07) is 15.6. The molecule has 3 nitrogen and oxygen atoms in total. The van der Waals surface area contributed by atoms with Crippen molar-refractivity contribution in [3.05, 3.63) is 70.7 Å². The molecule has 3 aromatic rings. The fourth-order valence-electron chi connectivity index (χ4n) is 2.41. The van der Waals surface area contributed by atoms with E-state index in [1.807, 2.05) is 30.3 Å². The number of nitrogens with one attached hydrogen (secondary N) is 1. The zero-order valence-corrected chi connectivity index (χ0v) is 14.9. The lowest BCUT2D eigenvalue weighted by atomic mass is 10.1. The SMILES string of the molecule is O=C(COc1ccc2ccccc2c1Br)Nc1ccc(C(F)(F)F)cc1. The van der Waals surface area contributed by atoms with Crippen LogP contribution in [0.25, 0.3) is 10.8 Å². The molecule has 0 bridgehead atoms. The molecule has 0 aliphatic rings. The second-order valence-corrected chi connectivity index (χ2v) is 6.30. The van der Waals surface area contributed by atoms with Crippen LogP contribution in [-0.4, -0.2) is 12.5 Å². The van der Waals surface area contributed by atoms with Gasteiger partial charge in [-0.3, -0.25) is 4.79 Å². The van der Waals surface area contributed by atoms with E-state index in [1.165, 1.54) is 12.1 Å². The molecule has 0 aliphatic heterocycles. The number of hydrogen-bond acceptors (Lipinski definition) is 2. The minimum absolute atomic E-state index is 0.266. The Morgan fingerprint density at radius 1 is 1.00 bits per heavy atom. The van der Waals surface area contributed by atoms with E-state index in [-0.39, 0.29) is 12.3 Å². The minimum atomic E-state index is -4.41. The molecule has 7 heteroatoms. The van der Waals surface area contributed by atoms with Crippen molar-refractivity contribution in [3.8, 4) is 5.75 Å². The number of alkyl halides is 3. The van der Waals surface area contributed by atoms with Crippen LogP contribution < -0.4 is 10.1 Å². The molecule has 0 radical (unpaired) electrons. The number of benzene rings is 3. The Hall–Kier alpha value is -2.54. The average molecular weight is 424 g/mol. The molecular formula is C19H13BrF3NO2. The summed E-state index contributed by atoms with van der Waals surface area (Å²) in [5.74, 6) is 0.0380. The van der Waals surface area contributed by atoms with E-state index in [9.17, 15) is 18.0 Å². The van der Waals surface area contributed by atoms with Crippen LogP contribution in [0.1, 0.15) is 5.56 Å². The summed E-state index contributed by atoms with van der Waals surface area (Å²) in [6.07, 6.45) is -4.41. The highest BCUT2D eigenvalue weighted by atomic mass is 79.9. The monoisotopic (exact) mass is 423 g/mol. The van der Waals surface area contributed by atoms with E-state index >= 15 is 0 Å². The number of hydrogen-bond donors (Lipinski definition) is 1. The van der Waals surface area contributed by atoms with Gasteiger partial charge in [-0.05, 0) is 57.0 Å². The second kappa shape index (κ2) is 7.37. The number of amides is 1. The first-order valence-electron chi connectivity index (χ1n) is 7.62. The third-order valence-corrected chi connectivity index (χ3v) is 4.50. The van der Waals surface area contributed by atoms with E-state index in [0.29, 0.717) is 5.75 Å². The summed E-state index contributed by atoms with van der Waals surface area (Å²) < 4.78 is 43.8. The van der Waals surface area contributed by atoms with E-state index in [2.05, 4.69) is 21.2 Å². The first-order chi connectivity index (χ1) is 12.3. The van der Waals surface area contributed by atoms with Gasteiger partial charge < -0.3 is 10.1 Å². The number of carbonyl (C=O) groups is 1. The molecular weight excluding hydrogens is 411 g/mol. The Bertz CT molecular complexity index is 940. The summed E-state index contributed by atoms with van der Waals surface area (Å²) in [7, 11) is 0. The molecule has 0 saturated carbocycles. The Kier molecular flexibility index (Phi) is 5.18. The van der Waals surface area contributed by atoms with Gasteiger partial charge in [-0.1, -0.05) is 30.3 Å². The molecule has 26 heavy (non-hydrogen) atoms. The molecule has 134 valence electrons. The molecule has 0 aliphatic carbocycles. The number of ether oxygens (including phenoxy) is 1. The maximum atomic E-state index is 12.5. The van der Waals surface area contributed by atoms with Gasteiger partial charge in [0.05, 0.1) is 10.0 Å². The Labute approximate surface area is 155 Å². The largest absolute Gasteiger partial charge is 0.483 e. The number of rotatable bonds is 4. The molecule has 0 saturated heterocycles. The molecule has 0 atom stereocenters. The van der Waals surface area contributed by atoms with Crippen LogP contribution in [0.2, 0.25) is 0 Å². The lowest BCUT2D eigenvalue weighted by Gasteiger charge is -2.11. The van der Waals surface area contributed by atoms with Gasteiger partial charge in [0, 0.05) is 5.69 Å². The summed E-state index contributed by atoms with van der Waals surface area (Å²) in [5.41, 5.74) is -0.504. The van der Waals surface area contributed by atoms with Crippen molar-refractivity contribution in [2.75, 3.05) is 11.9 Å². The molecule has 1 N–H and O–H groups in total. The van der Waals surface area contributed by atoms with Crippen LogP contribution in [0.15, 0.2) is 65.1 Å². The molecule has 1 amide bonds. The molecule has 0 aromatic heterocycles. The summed E-state index contributed by atoms with van der Waals surface area (Å²) in [6.45, 7) is -0.266. The van der Waals surface area contributed by atoms with Crippen molar-refractivity contribution in [3.63, 3.8) is 0 Å². The lowest BCUT2D eigenvalue weighted by molar-refractivity contribution is -0.137. The minimum Gasteiger partial charge on any atom is -0.483 e. The Morgan fingerprint density at radius 2 is 1.69 bits per heavy atom. The average Bonchev–Trinajstić information content (AvgIpc) is 2.61. The van der Waals surface area contributed by atoms with E-state index in [1.54, 1.807) is 6.07 Å². The summed E-state index contributed by atoms with van der Waals surface area (Å²) in [5, 5.41) is 4.48. The first kappa shape index (κ1) is 18.3. The smallest absolute Gasteiger partial charge is 0.416 e. The van der Waals surface area contributed by atoms with E-state index in [0.717, 1.165) is 27.4 Å². The molecule has 0 fully saturated rings. The maximum Gasteiger partial charge on any atom is 0.416 e. The first-order valence-corrected chi connectivity index (χ1v) is 8.41. The molecule has 3 aromatic carbocycles. The number of anilines is 1. The number of halogens is 4. The van der Waals surface area contributed by atoms with Gasteiger partial charge in [0.2, 0.25) is 0 Å². The summed E-state index contributed by atoms with van der Waals surface area (Å²) in [4.78, 5) is 12.0. The quantitative estimate of drug-likeness (QED) is 0.589. The van der Waals surface area contributed by atoms with Crippen molar-refractivity contribution in [2.24, 2.45) is 0 Å². The van der Waals surface area contributed by atoms with Gasteiger partial charge in [-0.15, -0.1) is 0 Å². The zero-order valence-electron chi connectivity index (χ0n) is 13.3. The fourth-order valence-corrected chi connectivity index (χ4v) is 3.02. The lowest BCUT2D eigenvalue weighted by Crippen LogP contribution is -2.20. The second-order valence-electron chi connectivity index (χ2n) is 5.51. The zero-order chi connectivity index (χ0) is 18.7. The molecule has 0 heterocycles. The van der Waals surface area contributed by atoms with Gasteiger partial charge in [-0.25, -0.2) is 0 Å². The standard InChI is InChI=1S/C19H13BrF3NO2/c20-18-15-4-2-1-3-12(15)5-10-16(18)26-11-17(25)24-14-8-6-13(7-9-14)19(21,22)23/h1-10H,11H2,(H,24,25). The molecule has 0 unspecified atom stereocenters. The Morgan fingerprint density at radius 3 is 2.38 bits per heavy atom. The van der Waals surface area contributed by atoms with Gasteiger partial charge in [0.15, 0.2) is 6.61 Å². The van der Waals surface area contributed by atoms with Crippen molar-refractivity contribution in [1.82, 2.24) is 0 Å². The van der Waals surface area contributed by atoms with Crippen LogP contribution in [0.3, 0.4) is 0 Å². The third-order valence-electron chi connectivity index (χ3n) is 3.68. The van der Waals surface area contributed by atoms with Gasteiger partial charge in [0.25, 0.3) is 5.91 Å². The molecule has 3 rings (SSSR count). The van der Waals surface area contributed by atoms with Crippen LogP contribution in [0.4, 0.5) is 18.9 Å². The predicted octanol–water partition coefficient (Wildman–Crippen LogP) is 5.64. The van der Waals surface area contributed by atoms with E-state index < -0.39 is 17.6 Å². The predicted molar refractivity (Wildman–Crippen MR) is 97.2 cm³/mol. The highest BCUT2D eigenvalue weighted by Gasteiger charge is 2.29.